The third-order valence-electron chi connectivity index (χ3n) is 4.82. The van der Waals surface area contributed by atoms with Crippen LogP contribution in [0.4, 0.5) is 0 Å². The second-order valence-electron chi connectivity index (χ2n) is 6.73. The number of aliphatic hydroxyl groups is 1. The molecule has 7 nitrogen and oxygen atoms in total. The summed E-state index contributed by atoms with van der Waals surface area (Å²) < 4.78 is 10.9. The average Bonchev–Trinajstić information content (AvgIpc) is 2.67. The molecule has 0 saturated carbocycles. The van der Waals surface area contributed by atoms with Gasteiger partial charge in [-0.25, -0.2) is 4.79 Å². The van der Waals surface area contributed by atoms with E-state index in [4.69, 9.17) is 14.3 Å². The van der Waals surface area contributed by atoms with Crippen LogP contribution in [-0.2, 0) is 11.2 Å². The van der Waals surface area contributed by atoms with Gasteiger partial charge in [0.15, 0.2) is 6.61 Å². The quantitative estimate of drug-likeness (QED) is 0.735. The molecule has 2 heterocycles. The van der Waals surface area contributed by atoms with Crippen LogP contribution in [0.1, 0.15) is 18.9 Å². The summed E-state index contributed by atoms with van der Waals surface area (Å²) in [6, 6.07) is 6.87. The topological polar surface area (TPSA) is 83.2 Å². The van der Waals surface area contributed by atoms with E-state index in [0.717, 1.165) is 36.9 Å². The molecule has 0 radical (unpaired) electrons. The number of hydrogen-bond donors (Lipinski definition) is 1. The van der Waals surface area contributed by atoms with Gasteiger partial charge < -0.3 is 19.2 Å². The molecule has 1 saturated heterocycles. The van der Waals surface area contributed by atoms with Crippen LogP contribution in [0.25, 0.3) is 11.0 Å². The molecular formula is C20H26N2O5. The van der Waals surface area contributed by atoms with Gasteiger partial charge in [-0.2, -0.15) is 0 Å². The molecule has 1 aromatic carbocycles. The molecule has 0 aliphatic carbocycles. The first-order valence-electron chi connectivity index (χ1n) is 9.41. The fourth-order valence-corrected chi connectivity index (χ4v) is 3.37. The lowest BCUT2D eigenvalue weighted by atomic mass is 10.1. The number of fused-ring (bicyclic) bond motifs is 1. The van der Waals surface area contributed by atoms with Gasteiger partial charge in [-0.3, -0.25) is 9.69 Å². The van der Waals surface area contributed by atoms with Crippen LogP contribution >= 0.6 is 0 Å². The minimum Gasteiger partial charge on any atom is -0.484 e. The Bertz CT molecular complexity index is 840. The summed E-state index contributed by atoms with van der Waals surface area (Å²) in [5.74, 6) is 0.437. The Kier molecular flexibility index (Phi) is 6.47. The number of carbonyl (C=O) groups excluding carboxylic acids is 1. The van der Waals surface area contributed by atoms with Crippen molar-refractivity contribution in [2.75, 3.05) is 45.9 Å². The number of benzene rings is 1. The molecule has 146 valence electrons. The van der Waals surface area contributed by atoms with Crippen molar-refractivity contribution in [3.63, 3.8) is 0 Å². The van der Waals surface area contributed by atoms with Crippen molar-refractivity contribution in [3.8, 4) is 5.75 Å². The molecule has 1 aliphatic heterocycles. The zero-order chi connectivity index (χ0) is 19.2. The maximum atomic E-state index is 12.4. The smallest absolute Gasteiger partial charge is 0.336 e. The van der Waals surface area contributed by atoms with Crippen molar-refractivity contribution in [2.45, 2.75) is 19.8 Å². The number of carbonyl (C=O) groups is 1. The van der Waals surface area contributed by atoms with Crippen molar-refractivity contribution < 1.29 is 19.1 Å². The first-order chi connectivity index (χ1) is 13.1. The second-order valence-corrected chi connectivity index (χ2v) is 6.73. The summed E-state index contributed by atoms with van der Waals surface area (Å²) in [7, 11) is 0. The summed E-state index contributed by atoms with van der Waals surface area (Å²) in [4.78, 5) is 28.0. The summed E-state index contributed by atoms with van der Waals surface area (Å²) in [6.45, 7) is 5.57. The normalized spacial score (nSPS) is 15.3. The predicted molar refractivity (Wildman–Crippen MR) is 102 cm³/mol. The molecule has 0 bridgehead atoms. The van der Waals surface area contributed by atoms with Gasteiger partial charge in [0, 0.05) is 50.2 Å². The number of hydrogen-bond acceptors (Lipinski definition) is 6. The first kappa shape index (κ1) is 19.4. The first-order valence-corrected chi connectivity index (χ1v) is 9.41. The van der Waals surface area contributed by atoms with Gasteiger partial charge in [0.05, 0.1) is 6.61 Å². The monoisotopic (exact) mass is 374 g/mol. The minimum atomic E-state index is -0.375. The fourth-order valence-electron chi connectivity index (χ4n) is 3.37. The summed E-state index contributed by atoms with van der Waals surface area (Å²) in [5.41, 5.74) is 1.07. The molecule has 0 unspecified atom stereocenters. The molecule has 1 amide bonds. The van der Waals surface area contributed by atoms with Crippen LogP contribution in [0.15, 0.2) is 33.5 Å². The molecule has 1 aromatic heterocycles. The lowest BCUT2D eigenvalue weighted by Gasteiger charge is -2.34. The van der Waals surface area contributed by atoms with Crippen molar-refractivity contribution >= 4 is 16.9 Å². The lowest BCUT2D eigenvalue weighted by molar-refractivity contribution is -0.135. The SMILES string of the molecule is CCCc1cc(=O)oc2cc(OCC(=O)N3CCN(CCO)CC3)ccc12. The van der Waals surface area contributed by atoms with E-state index in [1.165, 1.54) is 6.07 Å². The van der Waals surface area contributed by atoms with Gasteiger partial charge in [0.1, 0.15) is 11.3 Å². The van der Waals surface area contributed by atoms with Crippen LogP contribution in [0.3, 0.4) is 0 Å². The molecule has 0 atom stereocenters. The Hall–Kier alpha value is -2.38. The highest BCUT2D eigenvalue weighted by molar-refractivity contribution is 5.82. The highest BCUT2D eigenvalue weighted by Gasteiger charge is 2.21. The van der Waals surface area contributed by atoms with E-state index in [1.807, 2.05) is 6.07 Å². The summed E-state index contributed by atoms with van der Waals surface area (Å²) >= 11 is 0. The predicted octanol–water partition coefficient (Wildman–Crippen LogP) is 1.26. The lowest BCUT2D eigenvalue weighted by Crippen LogP contribution is -2.50. The number of amides is 1. The third kappa shape index (κ3) is 4.87. The molecule has 1 aliphatic rings. The standard InChI is InChI=1S/C20H26N2O5/c1-2-3-15-12-20(25)27-18-13-16(4-5-17(15)18)26-14-19(24)22-8-6-21(7-9-22)10-11-23/h4-5,12-13,23H,2-3,6-11,14H2,1H3. The molecule has 0 spiro atoms. The Labute approximate surface area is 158 Å². The van der Waals surface area contributed by atoms with Crippen LogP contribution in [0.2, 0.25) is 0 Å². The average molecular weight is 374 g/mol. The Morgan fingerprint density at radius 2 is 2.00 bits per heavy atom. The minimum absolute atomic E-state index is 0.0512. The van der Waals surface area contributed by atoms with Gasteiger partial charge in [-0.15, -0.1) is 0 Å². The van der Waals surface area contributed by atoms with E-state index in [0.29, 0.717) is 31.0 Å². The van der Waals surface area contributed by atoms with Gasteiger partial charge in [-0.1, -0.05) is 13.3 Å². The van der Waals surface area contributed by atoms with Crippen LogP contribution in [0, 0.1) is 0 Å². The highest BCUT2D eigenvalue weighted by Crippen LogP contribution is 2.23. The third-order valence-corrected chi connectivity index (χ3v) is 4.82. The summed E-state index contributed by atoms with van der Waals surface area (Å²) in [6.07, 6.45) is 1.75. The van der Waals surface area contributed by atoms with E-state index < -0.39 is 0 Å². The van der Waals surface area contributed by atoms with E-state index in [-0.39, 0.29) is 24.7 Å². The number of aryl methyl sites for hydroxylation is 1. The molecule has 7 heteroatoms. The van der Waals surface area contributed by atoms with Gasteiger partial charge in [0.25, 0.3) is 5.91 Å². The van der Waals surface area contributed by atoms with Crippen molar-refractivity contribution in [1.82, 2.24) is 9.80 Å². The van der Waals surface area contributed by atoms with Crippen LogP contribution < -0.4 is 10.4 Å². The van der Waals surface area contributed by atoms with Gasteiger partial charge in [-0.05, 0) is 24.1 Å². The molecule has 1 fully saturated rings. The maximum absolute atomic E-state index is 12.4. The van der Waals surface area contributed by atoms with Crippen molar-refractivity contribution in [2.24, 2.45) is 0 Å². The molecule has 27 heavy (non-hydrogen) atoms. The van der Waals surface area contributed by atoms with E-state index in [2.05, 4.69) is 11.8 Å². The van der Waals surface area contributed by atoms with Crippen molar-refractivity contribution in [1.29, 1.82) is 0 Å². The van der Waals surface area contributed by atoms with Gasteiger partial charge in [0.2, 0.25) is 0 Å². The fraction of sp³-hybridized carbons (Fsp3) is 0.500. The van der Waals surface area contributed by atoms with Gasteiger partial charge >= 0.3 is 5.63 Å². The molecule has 1 N–H and O–H groups in total. The molecule has 2 aromatic rings. The number of β-amino-alcohol motifs (C(OH)–C–C–N with tert-alkyl or cyclic N) is 1. The summed E-state index contributed by atoms with van der Waals surface area (Å²) in [5, 5.41) is 9.87. The van der Waals surface area contributed by atoms with Crippen LogP contribution in [-0.4, -0.2) is 66.8 Å². The van der Waals surface area contributed by atoms with Crippen LogP contribution in [0.5, 0.6) is 5.75 Å². The second kappa shape index (κ2) is 9.01. The Balaban J connectivity index is 1.62. The molecule has 3 rings (SSSR count). The van der Waals surface area contributed by atoms with E-state index >= 15 is 0 Å². The largest absolute Gasteiger partial charge is 0.484 e. The zero-order valence-corrected chi connectivity index (χ0v) is 15.6. The number of aliphatic hydroxyl groups excluding tert-OH is 1. The molecular weight excluding hydrogens is 348 g/mol. The number of piperazine rings is 1. The Morgan fingerprint density at radius 1 is 1.22 bits per heavy atom. The number of nitrogens with zero attached hydrogens (tertiary/aromatic N) is 2. The van der Waals surface area contributed by atoms with Crippen molar-refractivity contribution in [3.05, 3.63) is 40.2 Å². The number of rotatable bonds is 7. The van der Waals surface area contributed by atoms with E-state index in [1.54, 1.807) is 17.0 Å². The number of ether oxygens (including phenoxy) is 1. The zero-order valence-electron chi connectivity index (χ0n) is 15.6. The highest BCUT2D eigenvalue weighted by atomic mass is 16.5. The maximum Gasteiger partial charge on any atom is 0.336 e. The van der Waals surface area contributed by atoms with E-state index in [9.17, 15) is 9.59 Å². The Morgan fingerprint density at radius 3 is 2.70 bits per heavy atom.